The van der Waals surface area contributed by atoms with Gasteiger partial charge in [-0.1, -0.05) is 18.2 Å². The lowest BCUT2D eigenvalue weighted by atomic mass is 10.2. The van der Waals surface area contributed by atoms with Gasteiger partial charge in [0.05, 0.1) is 10.9 Å². The summed E-state index contributed by atoms with van der Waals surface area (Å²) in [4.78, 5) is 14.3. The van der Waals surface area contributed by atoms with Crippen molar-refractivity contribution < 1.29 is 13.2 Å². The molecule has 5 nitrogen and oxygen atoms in total. The Hall–Kier alpha value is -1.24. The van der Waals surface area contributed by atoms with Gasteiger partial charge in [0, 0.05) is 32.6 Å². The van der Waals surface area contributed by atoms with Crippen LogP contribution >= 0.6 is 0 Å². The van der Waals surface area contributed by atoms with Gasteiger partial charge in [-0.2, -0.15) is 4.31 Å². The highest BCUT2D eigenvalue weighted by atomic mass is 32.2. The largest absolute Gasteiger partial charge is 0.298 e. The van der Waals surface area contributed by atoms with Crippen molar-refractivity contribution in [3.05, 3.63) is 30.3 Å². The minimum Gasteiger partial charge on any atom is -0.298 e. The van der Waals surface area contributed by atoms with Gasteiger partial charge in [0.25, 0.3) is 0 Å². The van der Waals surface area contributed by atoms with Crippen LogP contribution < -0.4 is 0 Å². The number of nitrogens with zero attached hydrogens (tertiary/aromatic N) is 2. The summed E-state index contributed by atoms with van der Waals surface area (Å²) in [5, 5.41) is 0. The van der Waals surface area contributed by atoms with Gasteiger partial charge < -0.3 is 0 Å². The minimum atomic E-state index is -3.40. The van der Waals surface area contributed by atoms with Crippen LogP contribution in [0.2, 0.25) is 0 Å². The van der Waals surface area contributed by atoms with Crippen LogP contribution in [-0.4, -0.2) is 55.6 Å². The molecular formula is C15H20N2O3S. The molecule has 1 saturated heterocycles. The number of carbonyl (C=O) groups is 1. The van der Waals surface area contributed by atoms with Gasteiger partial charge in [-0.3, -0.25) is 9.69 Å². The maximum Gasteiger partial charge on any atom is 0.243 e. The van der Waals surface area contributed by atoms with Crippen molar-refractivity contribution in [2.24, 2.45) is 0 Å². The van der Waals surface area contributed by atoms with Gasteiger partial charge in [-0.05, 0) is 25.0 Å². The summed E-state index contributed by atoms with van der Waals surface area (Å²) in [7, 11) is -3.40. The molecule has 1 aromatic carbocycles. The van der Waals surface area contributed by atoms with Crippen LogP contribution in [0.5, 0.6) is 0 Å². The molecule has 1 aromatic rings. The lowest BCUT2D eigenvalue weighted by Crippen LogP contribution is -2.52. The number of ketones is 1. The molecule has 1 heterocycles. The topological polar surface area (TPSA) is 57.7 Å². The predicted octanol–water partition coefficient (Wildman–Crippen LogP) is 1.11. The third kappa shape index (κ3) is 2.88. The summed E-state index contributed by atoms with van der Waals surface area (Å²) in [5.74, 6) is 0.314. The van der Waals surface area contributed by atoms with E-state index >= 15 is 0 Å². The Kier molecular flexibility index (Phi) is 4.10. The molecular weight excluding hydrogens is 288 g/mol. The molecule has 1 atom stereocenters. The fraction of sp³-hybridized carbons (Fsp3) is 0.533. The number of sulfonamides is 1. The third-order valence-corrected chi connectivity index (χ3v) is 6.28. The first-order valence-electron chi connectivity index (χ1n) is 7.41. The molecule has 6 heteroatoms. The molecule has 1 saturated carbocycles. The van der Waals surface area contributed by atoms with Crippen LogP contribution in [0.4, 0.5) is 0 Å². The average molecular weight is 308 g/mol. The summed E-state index contributed by atoms with van der Waals surface area (Å²) >= 11 is 0. The number of rotatable bonds is 3. The average Bonchev–Trinajstić information content (AvgIpc) is 2.94. The van der Waals surface area contributed by atoms with Crippen molar-refractivity contribution in [2.45, 2.75) is 30.2 Å². The molecule has 0 amide bonds. The Balaban J connectivity index is 1.67. The Morgan fingerprint density at radius 3 is 2.24 bits per heavy atom. The SMILES string of the molecule is O=C1CCCC1N1CCN(S(=O)(=O)c2ccccc2)CC1. The summed E-state index contributed by atoms with van der Waals surface area (Å²) < 4.78 is 26.6. The van der Waals surface area contributed by atoms with E-state index < -0.39 is 10.0 Å². The zero-order valence-electron chi connectivity index (χ0n) is 11.9. The molecule has 0 N–H and O–H groups in total. The highest BCUT2D eigenvalue weighted by Crippen LogP contribution is 2.23. The number of Topliss-reactive ketones (excluding diaryl/α,β-unsaturated/α-hetero) is 1. The zero-order chi connectivity index (χ0) is 14.9. The Labute approximate surface area is 125 Å². The Morgan fingerprint density at radius 2 is 1.67 bits per heavy atom. The molecule has 1 aliphatic heterocycles. The van der Waals surface area contributed by atoms with Crippen LogP contribution in [-0.2, 0) is 14.8 Å². The summed E-state index contributed by atoms with van der Waals surface area (Å²) in [6.07, 6.45) is 2.56. The Bertz CT molecular complexity index is 607. The second-order valence-electron chi connectivity index (χ2n) is 5.63. The zero-order valence-corrected chi connectivity index (χ0v) is 12.8. The standard InChI is InChI=1S/C15H20N2O3S/c18-15-8-4-7-14(15)16-9-11-17(12-10-16)21(19,20)13-5-2-1-3-6-13/h1-3,5-6,14H,4,7-12H2. The van der Waals surface area contributed by atoms with E-state index in [0.29, 0.717) is 43.3 Å². The van der Waals surface area contributed by atoms with Gasteiger partial charge in [0.15, 0.2) is 0 Å². The first-order valence-corrected chi connectivity index (χ1v) is 8.85. The fourth-order valence-corrected chi connectivity index (χ4v) is 4.62. The van der Waals surface area contributed by atoms with Crippen molar-refractivity contribution in [1.82, 2.24) is 9.21 Å². The molecule has 114 valence electrons. The summed E-state index contributed by atoms with van der Waals surface area (Å²) in [6, 6.07) is 8.56. The lowest BCUT2D eigenvalue weighted by Gasteiger charge is -2.36. The molecule has 21 heavy (non-hydrogen) atoms. The molecule has 1 aliphatic carbocycles. The molecule has 3 rings (SSSR count). The number of piperazine rings is 1. The van der Waals surface area contributed by atoms with E-state index in [9.17, 15) is 13.2 Å². The molecule has 1 unspecified atom stereocenters. The van der Waals surface area contributed by atoms with Crippen molar-refractivity contribution in [1.29, 1.82) is 0 Å². The van der Waals surface area contributed by atoms with Gasteiger partial charge in [0.1, 0.15) is 5.78 Å². The highest BCUT2D eigenvalue weighted by Gasteiger charge is 2.35. The predicted molar refractivity (Wildman–Crippen MR) is 79.4 cm³/mol. The fourth-order valence-electron chi connectivity index (χ4n) is 3.18. The number of carbonyl (C=O) groups excluding carboxylic acids is 1. The highest BCUT2D eigenvalue weighted by molar-refractivity contribution is 7.89. The van der Waals surface area contributed by atoms with Gasteiger partial charge in [0.2, 0.25) is 10.0 Å². The van der Waals surface area contributed by atoms with E-state index in [1.54, 1.807) is 24.3 Å². The monoisotopic (exact) mass is 308 g/mol. The first kappa shape index (κ1) is 14.7. The lowest BCUT2D eigenvalue weighted by molar-refractivity contribution is -0.122. The first-order chi connectivity index (χ1) is 10.1. The van der Waals surface area contributed by atoms with E-state index in [2.05, 4.69) is 4.90 Å². The molecule has 0 aromatic heterocycles. The van der Waals surface area contributed by atoms with Gasteiger partial charge >= 0.3 is 0 Å². The van der Waals surface area contributed by atoms with Crippen molar-refractivity contribution in [3.8, 4) is 0 Å². The van der Waals surface area contributed by atoms with Crippen molar-refractivity contribution >= 4 is 15.8 Å². The molecule has 0 bridgehead atoms. The molecule has 2 fully saturated rings. The van der Waals surface area contributed by atoms with E-state index in [4.69, 9.17) is 0 Å². The van der Waals surface area contributed by atoms with Crippen molar-refractivity contribution in [2.75, 3.05) is 26.2 Å². The van der Waals surface area contributed by atoms with E-state index in [1.807, 2.05) is 6.07 Å². The minimum absolute atomic E-state index is 0.0200. The van der Waals surface area contributed by atoms with Gasteiger partial charge in [-0.15, -0.1) is 0 Å². The summed E-state index contributed by atoms with van der Waals surface area (Å²) in [5.41, 5.74) is 0. The number of hydrogen-bond acceptors (Lipinski definition) is 4. The van der Waals surface area contributed by atoms with Crippen LogP contribution in [0.15, 0.2) is 35.2 Å². The smallest absolute Gasteiger partial charge is 0.243 e. The molecule has 0 spiro atoms. The van der Waals surface area contributed by atoms with Gasteiger partial charge in [-0.25, -0.2) is 8.42 Å². The Morgan fingerprint density at radius 1 is 1.00 bits per heavy atom. The maximum atomic E-state index is 12.5. The quantitative estimate of drug-likeness (QED) is 0.839. The number of benzene rings is 1. The van der Waals surface area contributed by atoms with Crippen LogP contribution in [0, 0.1) is 0 Å². The third-order valence-electron chi connectivity index (χ3n) is 4.37. The second kappa shape index (κ2) is 5.87. The van der Waals surface area contributed by atoms with Crippen LogP contribution in [0.3, 0.4) is 0 Å². The van der Waals surface area contributed by atoms with E-state index in [-0.39, 0.29) is 6.04 Å². The summed E-state index contributed by atoms with van der Waals surface area (Å²) in [6.45, 7) is 2.20. The van der Waals surface area contributed by atoms with Crippen LogP contribution in [0.1, 0.15) is 19.3 Å². The van der Waals surface area contributed by atoms with Crippen LogP contribution in [0.25, 0.3) is 0 Å². The number of hydrogen-bond donors (Lipinski definition) is 0. The maximum absolute atomic E-state index is 12.5. The van der Waals surface area contributed by atoms with E-state index in [0.717, 1.165) is 12.8 Å². The van der Waals surface area contributed by atoms with Crippen molar-refractivity contribution in [3.63, 3.8) is 0 Å². The second-order valence-corrected chi connectivity index (χ2v) is 7.57. The van der Waals surface area contributed by atoms with E-state index in [1.165, 1.54) is 4.31 Å². The molecule has 2 aliphatic rings. The normalized spacial score (nSPS) is 25.3. The molecule has 0 radical (unpaired) electrons.